The molecule has 2 aromatic rings. The minimum atomic E-state index is -3.69. The van der Waals surface area contributed by atoms with Crippen LogP contribution in [0.4, 0.5) is 0 Å². The summed E-state index contributed by atoms with van der Waals surface area (Å²) in [6.07, 6.45) is 0.477. The Balaban J connectivity index is 2.48. The highest BCUT2D eigenvalue weighted by atomic mass is 32.2. The molecule has 0 radical (unpaired) electrons. The minimum absolute atomic E-state index is 0.166. The van der Waals surface area contributed by atoms with Crippen LogP contribution in [0.5, 0.6) is 0 Å². The van der Waals surface area contributed by atoms with E-state index in [1.54, 1.807) is 42.5 Å². The molecule has 1 unspecified atom stereocenters. The third-order valence-electron chi connectivity index (χ3n) is 2.94. The van der Waals surface area contributed by atoms with E-state index in [2.05, 4.69) is 0 Å². The van der Waals surface area contributed by atoms with E-state index in [-0.39, 0.29) is 4.90 Å². The molecule has 0 aliphatic heterocycles. The zero-order chi connectivity index (χ0) is 13.9. The first-order chi connectivity index (χ1) is 9.05. The van der Waals surface area contributed by atoms with Crippen molar-refractivity contribution < 1.29 is 13.2 Å². The van der Waals surface area contributed by atoms with Gasteiger partial charge >= 0.3 is 0 Å². The zero-order valence-corrected chi connectivity index (χ0v) is 11.3. The lowest BCUT2D eigenvalue weighted by molar-refractivity contribution is -0.107. The first-order valence-corrected chi connectivity index (χ1v) is 7.41. The Morgan fingerprint density at radius 1 is 0.947 bits per heavy atom. The van der Waals surface area contributed by atoms with Crippen LogP contribution >= 0.6 is 0 Å². The Hall–Kier alpha value is -1.94. The van der Waals surface area contributed by atoms with Gasteiger partial charge in [0.2, 0.25) is 0 Å². The van der Waals surface area contributed by atoms with Gasteiger partial charge in [-0.15, -0.1) is 0 Å². The van der Waals surface area contributed by atoms with Crippen LogP contribution in [0.2, 0.25) is 0 Å². The molecule has 0 amide bonds. The van der Waals surface area contributed by atoms with E-state index in [0.29, 0.717) is 11.8 Å². The molecule has 3 nitrogen and oxygen atoms in total. The molecule has 0 spiro atoms. The summed E-state index contributed by atoms with van der Waals surface area (Å²) in [5.74, 6) is 0. The van der Waals surface area contributed by atoms with Gasteiger partial charge in [-0.1, -0.05) is 48.0 Å². The van der Waals surface area contributed by atoms with Gasteiger partial charge in [0.05, 0.1) is 4.90 Å². The average Bonchev–Trinajstić information content (AvgIpc) is 2.41. The van der Waals surface area contributed by atoms with Crippen molar-refractivity contribution in [3.63, 3.8) is 0 Å². The lowest BCUT2D eigenvalue weighted by atomic mass is 10.2. The molecule has 0 saturated heterocycles. The van der Waals surface area contributed by atoms with Gasteiger partial charge in [-0.05, 0) is 24.6 Å². The predicted molar refractivity (Wildman–Crippen MR) is 73.6 cm³/mol. The number of hydrogen-bond acceptors (Lipinski definition) is 3. The lowest BCUT2D eigenvalue weighted by Gasteiger charge is -2.12. The van der Waals surface area contributed by atoms with Crippen LogP contribution in [0.15, 0.2) is 59.5 Å². The largest absolute Gasteiger partial charge is 0.302 e. The first-order valence-electron chi connectivity index (χ1n) is 5.86. The molecule has 0 fully saturated rings. The van der Waals surface area contributed by atoms with Crippen molar-refractivity contribution in [2.24, 2.45) is 0 Å². The summed E-state index contributed by atoms with van der Waals surface area (Å²) in [7, 11) is -3.69. The maximum Gasteiger partial charge on any atom is 0.192 e. The van der Waals surface area contributed by atoms with Crippen molar-refractivity contribution in [1.82, 2.24) is 0 Å². The van der Waals surface area contributed by atoms with E-state index in [9.17, 15) is 13.2 Å². The summed E-state index contributed by atoms with van der Waals surface area (Å²) in [6.45, 7) is 1.88. The van der Waals surface area contributed by atoms with Gasteiger partial charge in [0, 0.05) is 0 Å². The van der Waals surface area contributed by atoms with Gasteiger partial charge in [0.1, 0.15) is 11.5 Å². The Kier molecular flexibility index (Phi) is 3.81. The molecule has 0 saturated carbocycles. The summed E-state index contributed by atoms with van der Waals surface area (Å²) in [5.41, 5.74) is 1.46. The van der Waals surface area contributed by atoms with E-state index < -0.39 is 15.1 Å². The SMILES string of the molecule is Cc1ccc(S(=O)(=O)C(C=O)c2ccccc2)cc1. The van der Waals surface area contributed by atoms with Crippen LogP contribution in [0.1, 0.15) is 16.4 Å². The van der Waals surface area contributed by atoms with Crippen LogP contribution in [-0.2, 0) is 14.6 Å². The normalized spacial score (nSPS) is 12.9. The maximum absolute atomic E-state index is 12.4. The van der Waals surface area contributed by atoms with E-state index in [1.165, 1.54) is 12.1 Å². The Labute approximate surface area is 112 Å². The highest BCUT2D eigenvalue weighted by Crippen LogP contribution is 2.27. The fraction of sp³-hybridized carbons (Fsp3) is 0.133. The summed E-state index contributed by atoms with van der Waals surface area (Å²) in [4.78, 5) is 11.4. The molecule has 2 aromatic carbocycles. The maximum atomic E-state index is 12.4. The minimum Gasteiger partial charge on any atom is -0.302 e. The number of carbonyl (C=O) groups is 1. The van der Waals surface area contributed by atoms with Crippen LogP contribution in [-0.4, -0.2) is 14.7 Å². The van der Waals surface area contributed by atoms with Crippen molar-refractivity contribution in [2.45, 2.75) is 17.1 Å². The molecule has 2 rings (SSSR count). The van der Waals surface area contributed by atoms with Gasteiger partial charge < -0.3 is 4.79 Å². The molecule has 98 valence electrons. The first kappa shape index (κ1) is 13.5. The van der Waals surface area contributed by atoms with Crippen molar-refractivity contribution in [2.75, 3.05) is 0 Å². The van der Waals surface area contributed by atoms with Gasteiger partial charge in [0.25, 0.3) is 0 Å². The topological polar surface area (TPSA) is 51.2 Å². The number of aldehydes is 1. The molecule has 0 heterocycles. The molecule has 0 bridgehead atoms. The zero-order valence-electron chi connectivity index (χ0n) is 10.5. The van der Waals surface area contributed by atoms with Crippen molar-refractivity contribution in [1.29, 1.82) is 0 Å². The van der Waals surface area contributed by atoms with E-state index in [0.717, 1.165) is 5.56 Å². The Bertz CT molecular complexity index is 658. The Morgan fingerprint density at radius 3 is 2.05 bits per heavy atom. The quantitative estimate of drug-likeness (QED) is 0.805. The van der Waals surface area contributed by atoms with E-state index in [1.807, 2.05) is 6.92 Å². The van der Waals surface area contributed by atoms with Crippen molar-refractivity contribution >= 4 is 16.1 Å². The van der Waals surface area contributed by atoms with Crippen molar-refractivity contribution in [3.8, 4) is 0 Å². The van der Waals surface area contributed by atoms with Crippen LogP contribution in [0.3, 0.4) is 0 Å². The average molecular weight is 274 g/mol. The summed E-state index contributed by atoms with van der Waals surface area (Å²) >= 11 is 0. The van der Waals surface area contributed by atoms with Crippen molar-refractivity contribution in [3.05, 3.63) is 65.7 Å². The molecule has 0 aliphatic carbocycles. The van der Waals surface area contributed by atoms with Gasteiger partial charge in [0.15, 0.2) is 9.84 Å². The van der Waals surface area contributed by atoms with Gasteiger partial charge in [-0.3, -0.25) is 0 Å². The molecule has 0 aliphatic rings. The fourth-order valence-electron chi connectivity index (χ4n) is 1.85. The lowest BCUT2D eigenvalue weighted by Crippen LogP contribution is -2.15. The second-order valence-corrected chi connectivity index (χ2v) is 6.39. The number of carbonyl (C=O) groups excluding carboxylic acids is 1. The van der Waals surface area contributed by atoms with Crippen LogP contribution in [0.25, 0.3) is 0 Å². The van der Waals surface area contributed by atoms with E-state index in [4.69, 9.17) is 0 Å². The predicted octanol–water partition coefficient (Wildman–Crippen LogP) is 2.71. The molecule has 1 atom stereocenters. The molecule has 0 aromatic heterocycles. The summed E-state index contributed by atoms with van der Waals surface area (Å²) in [6, 6.07) is 15.0. The number of sulfone groups is 1. The third-order valence-corrected chi connectivity index (χ3v) is 4.92. The highest BCUT2D eigenvalue weighted by Gasteiger charge is 2.28. The molecule has 4 heteroatoms. The Morgan fingerprint density at radius 2 is 1.53 bits per heavy atom. The monoisotopic (exact) mass is 274 g/mol. The van der Waals surface area contributed by atoms with Crippen LogP contribution in [0, 0.1) is 6.92 Å². The second kappa shape index (κ2) is 5.36. The number of benzene rings is 2. The second-order valence-electron chi connectivity index (χ2n) is 4.33. The fourth-order valence-corrected chi connectivity index (χ4v) is 3.32. The highest BCUT2D eigenvalue weighted by molar-refractivity contribution is 7.92. The number of aryl methyl sites for hydroxylation is 1. The summed E-state index contributed by atoms with van der Waals surface area (Å²) < 4.78 is 24.9. The molecular formula is C15H14O3S. The number of rotatable bonds is 4. The number of hydrogen-bond donors (Lipinski definition) is 0. The smallest absolute Gasteiger partial charge is 0.192 e. The van der Waals surface area contributed by atoms with E-state index >= 15 is 0 Å². The summed E-state index contributed by atoms with van der Waals surface area (Å²) in [5, 5.41) is -1.16. The van der Waals surface area contributed by atoms with Gasteiger partial charge in [-0.25, -0.2) is 8.42 Å². The molecular weight excluding hydrogens is 260 g/mol. The standard InChI is InChI=1S/C15H14O3S/c1-12-7-9-14(10-8-12)19(17,18)15(11-16)13-5-3-2-4-6-13/h2-11,15H,1H3. The third kappa shape index (κ3) is 2.74. The van der Waals surface area contributed by atoms with Gasteiger partial charge in [-0.2, -0.15) is 0 Å². The van der Waals surface area contributed by atoms with Crippen LogP contribution < -0.4 is 0 Å². The molecule has 0 N–H and O–H groups in total. The molecule has 19 heavy (non-hydrogen) atoms.